The van der Waals surface area contributed by atoms with E-state index >= 15 is 0 Å². The van der Waals surface area contributed by atoms with Gasteiger partial charge in [-0.3, -0.25) is 0 Å². The minimum Gasteiger partial charge on any atom is -0.497 e. The molecule has 4 nitrogen and oxygen atoms in total. The molecule has 0 aromatic heterocycles. The fraction of sp³-hybridized carbons (Fsp3) is 0.571. The lowest BCUT2D eigenvalue weighted by Crippen LogP contribution is -2.28. The molecule has 0 amide bonds. The first kappa shape index (κ1) is 13.0. The molecule has 0 saturated carbocycles. The molecule has 0 N–H and O–H groups in total. The number of benzene rings is 1. The zero-order chi connectivity index (χ0) is 13.0. The van der Waals surface area contributed by atoms with Gasteiger partial charge in [0, 0.05) is 43.5 Å². The van der Waals surface area contributed by atoms with E-state index in [0.29, 0.717) is 0 Å². The summed E-state index contributed by atoms with van der Waals surface area (Å²) in [5.74, 6) is 1.70. The molecule has 1 heterocycles. The lowest BCUT2D eigenvalue weighted by molar-refractivity contribution is 0.360. The highest BCUT2D eigenvalue weighted by Gasteiger charge is 2.14. The average molecular weight is 250 g/mol. The van der Waals surface area contributed by atoms with Gasteiger partial charge >= 0.3 is 0 Å². The van der Waals surface area contributed by atoms with E-state index in [0.717, 1.165) is 37.7 Å². The molecule has 1 saturated heterocycles. The standard InChI is InChI=1S/C14H22N2O2/c1-15-5-4-6-16(8-7-15)12-9-13(17-2)11-14(10-12)18-3/h9-11H,4-8H2,1-3H3. The Morgan fingerprint density at radius 2 is 1.56 bits per heavy atom. The van der Waals surface area contributed by atoms with Gasteiger partial charge in [0.1, 0.15) is 11.5 Å². The van der Waals surface area contributed by atoms with Gasteiger partial charge < -0.3 is 19.3 Å². The van der Waals surface area contributed by atoms with Gasteiger partial charge in [0.15, 0.2) is 0 Å². The first-order chi connectivity index (χ1) is 8.72. The summed E-state index contributed by atoms with van der Waals surface area (Å²) in [5, 5.41) is 0. The van der Waals surface area contributed by atoms with Crippen LogP contribution in [0.15, 0.2) is 18.2 Å². The van der Waals surface area contributed by atoms with E-state index in [4.69, 9.17) is 9.47 Å². The van der Waals surface area contributed by atoms with Gasteiger partial charge in [-0.25, -0.2) is 0 Å². The van der Waals surface area contributed by atoms with Crippen LogP contribution in [-0.4, -0.2) is 52.3 Å². The Hall–Kier alpha value is -1.42. The highest BCUT2D eigenvalue weighted by molar-refractivity contribution is 5.55. The van der Waals surface area contributed by atoms with Crippen LogP contribution in [0.1, 0.15) is 6.42 Å². The van der Waals surface area contributed by atoms with Crippen molar-refractivity contribution in [3.63, 3.8) is 0 Å². The number of hydrogen-bond donors (Lipinski definition) is 0. The van der Waals surface area contributed by atoms with E-state index < -0.39 is 0 Å². The summed E-state index contributed by atoms with van der Waals surface area (Å²) in [5.41, 5.74) is 1.18. The number of ether oxygens (including phenoxy) is 2. The Morgan fingerprint density at radius 1 is 0.889 bits per heavy atom. The predicted octanol–water partition coefficient (Wildman–Crippen LogP) is 1.85. The van der Waals surface area contributed by atoms with Crippen LogP contribution >= 0.6 is 0 Å². The number of anilines is 1. The van der Waals surface area contributed by atoms with Crippen LogP contribution in [0.4, 0.5) is 5.69 Å². The quantitative estimate of drug-likeness (QED) is 0.817. The SMILES string of the molecule is COc1cc(OC)cc(N2CCCN(C)CC2)c1. The van der Waals surface area contributed by atoms with E-state index in [1.54, 1.807) is 14.2 Å². The highest BCUT2D eigenvalue weighted by Crippen LogP contribution is 2.28. The Kier molecular flexibility index (Phi) is 4.31. The van der Waals surface area contributed by atoms with Gasteiger partial charge in [-0.05, 0) is 20.0 Å². The maximum Gasteiger partial charge on any atom is 0.124 e. The van der Waals surface area contributed by atoms with Crippen LogP contribution < -0.4 is 14.4 Å². The Morgan fingerprint density at radius 3 is 2.17 bits per heavy atom. The maximum absolute atomic E-state index is 5.32. The zero-order valence-corrected chi connectivity index (χ0v) is 11.5. The highest BCUT2D eigenvalue weighted by atomic mass is 16.5. The topological polar surface area (TPSA) is 24.9 Å². The molecule has 1 aromatic carbocycles. The number of likely N-dealkylation sites (N-methyl/N-ethyl adjacent to an activating group) is 1. The normalized spacial score (nSPS) is 17.4. The van der Waals surface area contributed by atoms with Gasteiger partial charge in [-0.15, -0.1) is 0 Å². The lowest BCUT2D eigenvalue weighted by Gasteiger charge is -2.23. The molecule has 18 heavy (non-hydrogen) atoms. The van der Waals surface area contributed by atoms with Gasteiger partial charge in [0.2, 0.25) is 0 Å². The Balaban J connectivity index is 2.20. The number of hydrogen-bond acceptors (Lipinski definition) is 4. The van der Waals surface area contributed by atoms with Crippen LogP contribution in [0.5, 0.6) is 11.5 Å². The monoisotopic (exact) mass is 250 g/mol. The van der Waals surface area contributed by atoms with Crippen molar-refractivity contribution in [2.75, 3.05) is 52.3 Å². The molecule has 1 aliphatic rings. The fourth-order valence-corrected chi connectivity index (χ4v) is 2.28. The Labute approximate surface area is 109 Å². The Bertz CT molecular complexity index is 373. The molecular weight excluding hydrogens is 228 g/mol. The first-order valence-electron chi connectivity index (χ1n) is 6.39. The van der Waals surface area contributed by atoms with Crippen LogP contribution in [0, 0.1) is 0 Å². The largest absolute Gasteiger partial charge is 0.497 e. The van der Waals surface area contributed by atoms with Crippen molar-refractivity contribution in [3.05, 3.63) is 18.2 Å². The van der Waals surface area contributed by atoms with Gasteiger partial charge in [0.25, 0.3) is 0 Å². The zero-order valence-electron chi connectivity index (χ0n) is 11.5. The van der Waals surface area contributed by atoms with E-state index in [-0.39, 0.29) is 0 Å². The van der Waals surface area contributed by atoms with Crippen molar-refractivity contribution < 1.29 is 9.47 Å². The summed E-state index contributed by atoms with van der Waals surface area (Å²) in [4.78, 5) is 4.77. The van der Waals surface area contributed by atoms with Crippen LogP contribution in [-0.2, 0) is 0 Å². The summed E-state index contributed by atoms with van der Waals surface area (Å²) in [7, 11) is 5.55. The molecule has 1 aliphatic heterocycles. The van der Waals surface area contributed by atoms with Crippen LogP contribution in [0.25, 0.3) is 0 Å². The summed E-state index contributed by atoms with van der Waals surface area (Å²) in [6.45, 7) is 4.39. The van der Waals surface area contributed by atoms with Crippen molar-refractivity contribution in [3.8, 4) is 11.5 Å². The van der Waals surface area contributed by atoms with Gasteiger partial charge in [-0.1, -0.05) is 0 Å². The average Bonchev–Trinajstić information content (AvgIpc) is 2.63. The van der Waals surface area contributed by atoms with Crippen molar-refractivity contribution in [2.24, 2.45) is 0 Å². The first-order valence-corrected chi connectivity index (χ1v) is 6.39. The maximum atomic E-state index is 5.32. The molecule has 0 aliphatic carbocycles. The smallest absolute Gasteiger partial charge is 0.124 e. The van der Waals surface area contributed by atoms with E-state index in [1.165, 1.54) is 12.1 Å². The molecule has 0 atom stereocenters. The molecule has 100 valence electrons. The second-order valence-corrected chi connectivity index (χ2v) is 4.71. The summed E-state index contributed by atoms with van der Waals surface area (Å²) in [6, 6.07) is 6.06. The van der Waals surface area contributed by atoms with Crippen LogP contribution in [0.3, 0.4) is 0 Å². The van der Waals surface area contributed by atoms with Crippen molar-refractivity contribution >= 4 is 5.69 Å². The molecule has 0 spiro atoms. The van der Waals surface area contributed by atoms with Crippen LogP contribution in [0.2, 0.25) is 0 Å². The fourth-order valence-electron chi connectivity index (χ4n) is 2.28. The van der Waals surface area contributed by atoms with E-state index in [1.807, 2.05) is 6.07 Å². The molecule has 0 radical (unpaired) electrons. The molecule has 1 fully saturated rings. The van der Waals surface area contributed by atoms with Crippen molar-refractivity contribution in [1.82, 2.24) is 4.90 Å². The van der Waals surface area contributed by atoms with E-state index in [9.17, 15) is 0 Å². The summed E-state index contributed by atoms with van der Waals surface area (Å²) >= 11 is 0. The predicted molar refractivity (Wildman–Crippen MR) is 73.9 cm³/mol. The van der Waals surface area contributed by atoms with Crippen molar-refractivity contribution in [1.29, 1.82) is 0 Å². The summed E-state index contributed by atoms with van der Waals surface area (Å²) in [6.07, 6.45) is 1.19. The van der Waals surface area contributed by atoms with E-state index in [2.05, 4.69) is 29.0 Å². The third-order valence-electron chi connectivity index (χ3n) is 3.42. The third kappa shape index (κ3) is 3.07. The summed E-state index contributed by atoms with van der Waals surface area (Å²) < 4.78 is 10.6. The molecular formula is C14H22N2O2. The van der Waals surface area contributed by atoms with Gasteiger partial charge in [-0.2, -0.15) is 0 Å². The molecule has 1 aromatic rings. The molecule has 0 bridgehead atoms. The number of rotatable bonds is 3. The molecule has 0 unspecified atom stereocenters. The van der Waals surface area contributed by atoms with Gasteiger partial charge in [0.05, 0.1) is 14.2 Å². The third-order valence-corrected chi connectivity index (χ3v) is 3.42. The molecule has 2 rings (SSSR count). The van der Waals surface area contributed by atoms with Crippen molar-refractivity contribution in [2.45, 2.75) is 6.42 Å². The second-order valence-electron chi connectivity index (χ2n) is 4.71. The minimum atomic E-state index is 0.849. The molecule has 4 heteroatoms. The number of nitrogens with zero attached hydrogens (tertiary/aromatic N) is 2. The minimum absolute atomic E-state index is 0.849. The number of methoxy groups -OCH3 is 2. The second kappa shape index (κ2) is 5.96. The lowest BCUT2D eigenvalue weighted by atomic mass is 10.2.